The summed E-state index contributed by atoms with van der Waals surface area (Å²) < 4.78 is 41.8. The van der Waals surface area contributed by atoms with Crippen molar-refractivity contribution in [2.45, 2.75) is 31.7 Å². The fraction of sp³-hybridized carbons (Fsp3) is 0.571. The van der Waals surface area contributed by atoms with Gasteiger partial charge in [0.25, 0.3) is 0 Å². The van der Waals surface area contributed by atoms with E-state index >= 15 is 0 Å². The Morgan fingerprint density at radius 1 is 1.33 bits per heavy atom. The Hall–Kier alpha value is -0.500. The quantitative estimate of drug-likeness (QED) is 0.879. The molecule has 0 aromatic heterocycles. The predicted molar refractivity (Wildman–Crippen MR) is 83.7 cm³/mol. The number of piperidine rings is 1. The molecule has 1 aliphatic rings. The summed E-state index contributed by atoms with van der Waals surface area (Å²) in [7, 11) is -3.84. The van der Waals surface area contributed by atoms with Gasteiger partial charge in [0.05, 0.1) is 0 Å². The summed E-state index contributed by atoms with van der Waals surface area (Å²) in [4.78, 5) is -0.293. The largest absolute Gasteiger partial charge is 0.326 e. The Bertz CT molecular complexity index is 626. The molecule has 1 aromatic rings. The number of nitrogens with zero attached hydrogens (tertiary/aromatic N) is 1. The second-order valence-corrected chi connectivity index (χ2v) is 8.67. The average Bonchev–Trinajstić information content (AvgIpc) is 2.39. The normalized spacial score (nSPS) is 24.2. The zero-order chi connectivity index (χ0) is 15.8. The number of nitrogens with two attached hydrogens (primary N) is 1. The van der Waals surface area contributed by atoms with Gasteiger partial charge in [-0.15, -0.1) is 0 Å². The van der Waals surface area contributed by atoms with E-state index in [2.05, 4.69) is 15.9 Å². The number of rotatable bonds is 3. The van der Waals surface area contributed by atoms with Crippen LogP contribution in [-0.4, -0.2) is 25.8 Å². The molecule has 4 nitrogen and oxygen atoms in total. The minimum absolute atomic E-state index is 0.0411. The summed E-state index contributed by atoms with van der Waals surface area (Å²) in [6, 6.07) is 2.82. The van der Waals surface area contributed by atoms with Crippen molar-refractivity contribution in [2.75, 3.05) is 13.1 Å². The molecule has 0 amide bonds. The van der Waals surface area contributed by atoms with Gasteiger partial charge >= 0.3 is 0 Å². The molecule has 21 heavy (non-hydrogen) atoms. The smallest absolute Gasteiger partial charge is 0.246 e. The molecule has 1 aromatic carbocycles. The van der Waals surface area contributed by atoms with Gasteiger partial charge in [0.15, 0.2) is 0 Å². The lowest BCUT2D eigenvalue weighted by Crippen LogP contribution is -2.42. The van der Waals surface area contributed by atoms with Crippen molar-refractivity contribution in [1.29, 1.82) is 0 Å². The van der Waals surface area contributed by atoms with E-state index in [0.29, 0.717) is 17.6 Å². The summed E-state index contributed by atoms with van der Waals surface area (Å²) in [6.45, 7) is 4.84. The van der Waals surface area contributed by atoms with E-state index in [4.69, 9.17) is 5.73 Å². The summed E-state index contributed by atoms with van der Waals surface area (Å²) in [5.74, 6) is -0.202. The molecule has 2 rings (SSSR count). The van der Waals surface area contributed by atoms with E-state index in [0.717, 1.165) is 6.42 Å². The van der Waals surface area contributed by atoms with Crippen molar-refractivity contribution in [3.63, 3.8) is 0 Å². The van der Waals surface area contributed by atoms with Gasteiger partial charge in [-0.3, -0.25) is 0 Å². The monoisotopic (exact) mass is 378 g/mol. The lowest BCUT2D eigenvalue weighted by atomic mass is 9.94. The van der Waals surface area contributed by atoms with Gasteiger partial charge in [0.1, 0.15) is 10.7 Å². The van der Waals surface area contributed by atoms with Gasteiger partial charge in [0.2, 0.25) is 10.0 Å². The van der Waals surface area contributed by atoms with E-state index in [1.54, 1.807) is 0 Å². The van der Waals surface area contributed by atoms with Crippen LogP contribution in [0.4, 0.5) is 4.39 Å². The molecule has 1 aliphatic heterocycles. The molecule has 2 unspecified atom stereocenters. The van der Waals surface area contributed by atoms with Gasteiger partial charge < -0.3 is 5.73 Å². The van der Waals surface area contributed by atoms with Crippen LogP contribution in [0.15, 0.2) is 21.5 Å². The molecule has 2 atom stereocenters. The first-order valence-corrected chi connectivity index (χ1v) is 9.17. The molecule has 2 N–H and O–H groups in total. The third-order valence-electron chi connectivity index (χ3n) is 3.75. The highest BCUT2D eigenvalue weighted by Crippen LogP contribution is 2.30. The number of halogens is 2. The molecule has 1 heterocycles. The average molecular weight is 379 g/mol. The molecule has 0 spiro atoms. The summed E-state index contributed by atoms with van der Waals surface area (Å²) in [5, 5.41) is 0. The van der Waals surface area contributed by atoms with E-state index in [1.807, 2.05) is 13.8 Å². The van der Waals surface area contributed by atoms with Crippen LogP contribution < -0.4 is 5.73 Å². The molecule has 0 aliphatic carbocycles. The summed E-state index contributed by atoms with van der Waals surface area (Å²) in [6.07, 6.45) is 0.987. The van der Waals surface area contributed by atoms with Crippen molar-refractivity contribution >= 4 is 26.0 Å². The fourth-order valence-corrected chi connectivity index (χ4v) is 5.37. The number of benzene rings is 1. The van der Waals surface area contributed by atoms with Crippen LogP contribution in [0.1, 0.15) is 25.8 Å². The second-order valence-electron chi connectivity index (χ2n) is 5.85. The minimum atomic E-state index is -3.84. The topological polar surface area (TPSA) is 63.4 Å². The molecule has 0 saturated carbocycles. The minimum Gasteiger partial charge on any atom is -0.326 e. The number of sulfonamides is 1. The van der Waals surface area contributed by atoms with E-state index < -0.39 is 15.8 Å². The van der Waals surface area contributed by atoms with Crippen molar-refractivity contribution in [3.05, 3.63) is 28.0 Å². The van der Waals surface area contributed by atoms with E-state index in [9.17, 15) is 12.8 Å². The van der Waals surface area contributed by atoms with Crippen molar-refractivity contribution in [3.8, 4) is 0 Å². The maximum atomic E-state index is 14.4. The van der Waals surface area contributed by atoms with Crippen LogP contribution in [0, 0.1) is 17.7 Å². The summed E-state index contributed by atoms with van der Waals surface area (Å²) in [5.41, 5.74) is 5.68. The highest BCUT2D eigenvalue weighted by atomic mass is 79.9. The van der Waals surface area contributed by atoms with Gasteiger partial charge in [-0.25, -0.2) is 12.8 Å². The van der Waals surface area contributed by atoms with E-state index in [-0.39, 0.29) is 28.8 Å². The Morgan fingerprint density at radius 2 is 1.90 bits per heavy atom. The molecule has 7 heteroatoms. The Kier molecular flexibility index (Phi) is 5.07. The highest BCUT2D eigenvalue weighted by molar-refractivity contribution is 9.10. The first-order valence-electron chi connectivity index (χ1n) is 6.93. The fourth-order valence-electron chi connectivity index (χ4n) is 2.90. The Labute approximate surface area is 133 Å². The predicted octanol–water partition coefficient (Wildman–Crippen LogP) is 2.71. The van der Waals surface area contributed by atoms with Gasteiger partial charge in [0, 0.05) is 29.7 Å². The van der Waals surface area contributed by atoms with Crippen molar-refractivity contribution in [2.24, 2.45) is 17.6 Å². The zero-order valence-electron chi connectivity index (χ0n) is 12.1. The van der Waals surface area contributed by atoms with Gasteiger partial charge in [-0.05, 0) is 30.4 Å². The molecule has 1 fully saturated rings. The third kappa shape index (κ3) is 3.47. The summed E-state index contributed by atoms with van der Waals surface area (Å²) >= 11 is 3.22. The third-order valence-corrected chi connectivity index (χ3v) is 6.04. The van der Waals surface area contributed by atoms with Crippen LogP contribution in [0.25, 0.3) is 0 Å². The SMILES string of the molecule is CC1CC(C)CN(S(=O)(=O)c2cc(Br)cc(CN)c2F)C1. The molecule has 0 radical (unpaired) electrons. The second kappa shape index (κ2) is 6.32. The van der Waals surface area contributed by atoms with Gasteiger partial charge in [-0.1, -0.05) is 29.8 Å². The molecule has 1 saturated heterocycles. The molecule has 0 bridgehead atoms. The first-order chi connectivity index (χ1) is 9.75. The van der Waals surface area contributed by atoms with E-state index in [1.165, 1.54) is 16.4 Å². The molecular weight excluding hydrogens is 359 g/mol. The van der Waals surface area contributed by atoms with Crippen LogP contribution >= 0.6 is 15.9 Å². The van der Waals surface area contributed by atoms with Crippen molar-refractivity contribution < 1.29 is 12.8 Å². The zero-order valence-corrected chi connectivity index (χ0v) is 14.5. The molecule has 118 valence electrons. The maximum Gasteiger partial charge on any atom is 0.246 e. The number of hydrogen-bond acceptors (Lipinski definition) is 3. The Morgan fingerprint density at radius 3 is 2.43 bits per heavy atom. The van der Waals surface area contributed by atoms with Crippen LogP contribution in [0.3, 0.4) is 0 Å². The highest BCUT2D eigenvalue weighted by Gasteiger charge is 2.34. The van der Waals surface area contributed by atoms with Gasteiger partial charge in [-0.2, -0.15) is 4.31 Å². The van der Waals surface area contributed by atoms with Crippen molar-refractivity contribution in [1.82, 2.24) is 4.31 Å². The lowest BCUT2D eigenvalue weighted by Gasteiger charge is -2.34. The molecular formula is C14H20BrFN2O2S. The maximum absolute atomic E-state index is 14.4. The first kappa shape index (κ1) is 16.9. The van der Waals surface area contributed by atoms with Crippen LogP contribution in [0.5, 0.6) is 0 Å². The lowest BCUT2D eigenvalue weighted by molar-refractivity contribution is 0.222. The van der Waals surface area contributed by atoms with Crippen LogP contribution in [0.2, 0.25) is 0 Å². The number of hydrogen-bond donors (Lipinski definition) is 1. The standard InChI is InChI=1S/C14H20BrFN2O2S/c1-9-3-10(2)8-18(7-9)21(19,20)13-5-12(15)4-11(6-17)14(13)16/h4-5,9-10H,3,6-8,17H2,1-2H3. The Balaban J connectivity index is 2.47. The van der Waals surface area contributed by atoms with Crippen LogP contribution in [-0.2, 0) is 16.6 Å².